The number of carbonyl (C=O) groups excluding carboxylic acids is 1. The zero-order valence-electron chi connectivity index (χ0n) is 14.3. The van der Waals surface area contributed by atoms with E-state index in [0.29, 0.717) is 11.4 Å². The summed E-state index contributed by atoms with van der Waals surface area (Å²) in [6.45, 7) is 0. The summed E-state index contributed by atoms with van der Waals surface area (Å²) in [5, 5.41) is 4.52. The molecule has 26 heavy (non-hydrogen) atoms. The summed E-state index contributed by atoms with van der Waals surface area (Å²) in [7, 11) is -1.89. The van der Waals surface area contributed by atoms with Gasteiger partial charge in [-0.25, -0.2) is 8.42 Å². The lowest BCUT2D eigenvalue weighted by Crippen LogP contribution is -2.17. The van der Waals surface area contributed by atoms with Crippen molar-refractivity contribution in [2.24, 2.45) is 0 Å². The number of fused-ring (bicyclic) bond motifs is 1. The maximum absolute atomic E-state index is 12.3. The standard InChI is InChI=1S/C20H19NO4S/c1-25-19-12-11-18(16-9-5-6-10-17(16)19)21-20(22)13-14-26(23,24)15-7-3-2-4-8-15/h2-12H,13-14H2,1H3,(H,21,22). The molecule has 6 heteroatoms. The first kappa shape index (κ1) is 17.9. The van der Waals surface area contributed by atoms with Gasteiger partial charge in [-0.15, -0.1) is 0 Å². The van der Waals surface area contributed by atoms with Crippen molar-refractivity contribution in [2.45, 2.75) is 11.3 Å². The van der Waals surface area contributed by atoms with Crippen LogP contribution in [-0.4, -0.2) is 27.2 Å². The smallest absolute Gasteiger partial charge is 0.225 e. The number of ether oxygens (including phenoxy) is 1. The van der Waals surface area contributed by atoms with Gasteiger partial charge < -0.3 is 10.1 Å². The largest absolute Gasteiger partial charge is 0.496 e. The fourth-order valence-corrected chi connectivity index (χ4v) is 4.01. The zero-order chi connectivity index (χ0) is 18.6. The van der Waals surface area contributed by atoms with Crippen molar-refractivity contribution >= 4 is 32.2 Å². The summed E-state index contributed by atoms with van der Waals surface area (Å²) in [4.78, 5) is 12.5. The van der Waals surface area contributed by atoms with Crippen molar-refractivity contribution in [1.29, 1.82) is 0 Å². The number of hydrogen-bond acceptors (Lipinski definition) is 4. The highest BCUT2D eigenvalue weighted by Crippen LogP contribution is 2.31. The summed E-state index contributed by atoms with van der Waals surface area (Å²) in [6.07, 6.45) is -0.114. The van der Waals surface area contributed by atoms with E-state index in [1.807, 2.05) is 24.3 Å². The quantitative estimate of drug-likeness (QED) is 0.720. The van der Waals surface area contributed by atoms with Crippen LogP contribution in [0.1, 0.15) is 6.42 Å². The molecule has 0 aromatic heterocycles. The number of nitrogens with one attached hydrogen (secondary N) is 1. The number of hydrogen-bond donors (Lipinski definition) is 1. The van der Waals surface area contributed by atoms with E-state index in [0.717, 1.165) is 10.8 Å². The fraction of sp³-hybridized carbons (Fsp3) is 0.150. The molecular formula is C20H19NO4S. The molecule has 0 aliphatic carbocycles. The van der Waals surface area contributed by atoms with Crippen LogP contribution < -0.4 is 10.1 Å². The molecule has 0 aliphatic rings. The molecule has 0 heterocycles. The molecule has 0 radical (unpaired) electrons. The summed E-state index contributed by atoms with van der Waals surface area (Å²) >= 11 is 0. The van der Waals surface area contributed by atoms with Crippen molar-refractivity contribution in [2.75, 3.05) is 18.2 Å². The van der Waals surface area contributed by atoms with E-state index in [9.17, 15) is 13.2 Å². The summed E-state index contributed by atoms with van der Waals surface area (Å²) < 4.78 is 29.9. The Morgan fingerprint density at radius 1 is 0.923 bits per heavy atom. The van der Waals surface area contributed by atoms with Gasteiger partial charge in [0.2, 0.25) is 5.91 Å². The number of rotatable bonds is 6. The Morgan fingerprint density at radius 2 is 1.58 bits per heavy atom. The average molecular weight is 369 g/mol. The molecule has 0 saturated heterocycles. The van der Waals surface area contributed by atoms with E-state index in [-0.39, 0.29) is 23.0 Å². The topological polar surface area (TPSA) is 72.5 Å². The lowest BCUT2D eigenvalue weighted by molar-refractivity contribution is -0.115. The van der Waals surface area contributed by atoms with Gasteiger partial charge in [-0.2, -0.15) is 0 Å². The Hall–Kier alpha value is -2.86. The predicted molar refractivity (Wildman–Crippen MR) is 102 cm³/mol. The van der Waals surface area contributed by atoms with Gasteiger partial charge in [0.05, 0.1) is 17.8 Å². The van der Waals surface area contributed by atoms with Crippen LogP contribution in [0.5, 0.6) is 5.75 Å². The molecule has 0 fully saturated rings. The number of anilines is 1. The lowest BCUT2D eigenvalue weighted by Gasteiger charge is -2.12. The van der Waals surface area contributed by atoms with Crippen molar-refractivity contribution < 1.29 is 17.9 Å². The molecular weight excluding hydrogens is 350 g/mol. The van der Waals surface area contributed by atoms with E-state index < -0.39 is 9.84 Å². The van der Waals surface area contributed by atoms with Crippen molar-refractivity contribution in [3.63, 3.8) is 0 Å². The van der Waals surface area contributed by atoms with E-state index in [1.165, 1.54) is 12.1 Å². The van der Waals surface area contributed by atoms with E-state index >= 15 is 0 Å². The second kappa shape index (κ2) is 7.58. The minimum absolute atomic E-state index is 0.114. The molecule has 3 rings (SSSR count). The highest BCUT2D eigenvalue weighted by Gasteiger charge is 2.17. The first-order valence-corrected chi connectivity index (χ1v) is 9.80. The molecule has 0 spiro atoms. The number of methoxy groups -OCH3 is 1. The fourth-order valence-electron chi connectivity index (χ4n) is 2.74. The highest BCUT2D eigenvalue weighted by atomic mass is 32.2. The first-order chi connectivity index (χ1) is 12.5. The molecule has 5 nitrogen and oxygen atoms in total. The maximum Gasteiger partial charge on any atom is 0.225 e. The zero-order valence-corrected chi connectivity index (χ0v) is 15.1. The van der Waals surface area contributed by atoms with Gasteiger partial charge in [-0.05, 0) is 24.3 Å². The van der Waals surface area contributed by atoms with E-state index in [2.05, 4.69) is 5.32 Å². The molecule has 0 bridgehead atoms. The van der Waals surface area contributed by atoms with Gasteiger partial charge in [-0.1, -0.05) is 42.5 Å². The summed E-state index contributed by atoms with van der Waals surface area (Å²) in [6, 6.07) is 19.2. The minimum Gasteiger partial charge on any atom is -0.496 e. The highest BCUT2D eigenvalue weighted by molar-refractivity contribution is 7.91. The van der Waals surface area contributed by atoms with Gasteiger partial charge in [-0.3, -0.25) is 4.79 Å². The van der Waals surface area contributed by atoms with Gasteiger partial charge in [0, 0.05) is 22.9 Å². The monoisotopic (exact) mass is 369 g/mol. The lowest BCUT2D eigenvalue weighted by atomic mass is 10.1. The molecule has 0 aliphatic heterocycles. The van der Waals surface area contributed by atoms with Crippen LogP contribution in [0.2, 0.25) is 0 Å². The summed E-state index contributed by atoms with van der Waals surface area (Å²) in [5.74, 6) is 0.127. The van der Waals surface area contributed by atoms with Crippen molar-refractivity contribution in [3.8, 4) is 5.75 Å². The van der Waals surface area contributed by atoms with Crippen LogP contribution in [0.25, 0.3) is 10.8 Å². The Labute approximate surface area is 152 Å². The molecule has 1 amide bonds. The molecule has 0 unspecified atom stereocenters. The van der Waals surface area contributed by atoms with Crippen LogP contribution in [0.3, 0.4) is 0 Å². The summed E-state index contributed by atoms with van der Waals surface area (Å²) in [5.41, 5.74) is 0.628. The van der Waals surface area contributed by atoms with Crippen molar-refractivity contribution in [3.05, 3.63) is 66.7 Å². The van der Waals surface area contributed by atoms with E-state index in [4.69, 9.17) is 4.74 Å². The van der Waals surface area contributed by atoms with Gasteiger partial charge in [0.25, 0.3) is 0 Å². The Balaban J connectivity index is 1.74. The van der Waals surface area contributed by atoms with Gasteiger partial charge in [0.15, 0.2) is 9.84 Å². The normalized spacial score (nSPS) is 11.3. The van der Waals surface area contributed by atoms with Crippen LogP contribution in [0.15, 0.2) is 71.6 Å². The first-order valence-electron chi connectivity index (χ1n) is 8.14. The molecule has 3 aromatic rings. The second-order valence-corrected chi connectivity index (χ2v) is 7.90. The third kappa shape index (κ3) is 3.86. The van der Waals surface area contributed by atoms with Gasteiger partial charge in [0.1, 0.15) is 5.75 Å². The molecule has 3 aromatic carbocycles. The average Bonchev–Trinajstić information content (AvgIpc) is 2.67. The molecule has 134 valence electrons. The minimum atomic E-state index is -3.48. The molecule has 1 N–H and O–H groups in total. The van der Waals surface area contributed by atoms with Crippen LogP contribution in [0.4, 0.5) is 5.69 Å². The second-order valence-electron chi connectivity index (χ2n) is 5.79. The number of sulfone groups is 1. The predicted octanol–water partition coefficient (Wildman–Crippen LogP) is 3.65. The van der Waals surface area contributed by atoms with Crippen LogP contribution in [-0.2, 0) is 14.6 Å². The maximum atomic E-state index is 12.3. The Kier molecular flexibility index (Phi) is 5.23. The van der Waals surface area contributed by atoms with Gasteiger partial charge >= 0.3 is 0 Å². The molecule has 0 saturated carbocycles. The van der Waals surface area contributed by atoms with Crippen LogP contribution >= 0.6 is 0 Å². The third-order valence-electron chi connectivity index (χ3n) is 4.08. The van der Waals surface area contributed by atoms with E-state index in [1.54, 1.807) is 37.4 Å². The Morgan fingerprint density at radius 3 is 2.27 bits per heavy atom. The van der Waals surface area contributed by atoms with Crippen molar-refractivity contribution in [1.82, 2.24) is 0 Å². The number of amides is 1. The number of benzene rings is 3. The SMILES string of the molecule is COc1ccc(NC(=O)CCS(=O)(=O)c2ccccc2)c2ccccc12. The number of carbonyl (C=O) groups is 1. The third-order valence-corrected chi connectivity index (χ3v) is 5.81. The Bertz CT molecular complexity index is 1030. The molecule has 0 atom stereocenters. The van der Waals surface area contributed by atoms with Crippen LogP contribution in [0, 0.1) is 0 Å².